The molecule has 0 amide bonds. The third-order valence-corrected chi connectivity index (χ3v) is 2.91. The Morgan fingerprint density at radius 2 is 1.82 bits per heavy atom. The van der Waals surface area contributed by atoms with Crippen LogP contribution in [0.2, 0.25) is 0 Å². The van der Waals surface area contributed by atoms with E-state index in [4.69, 9.17) is 20.5 Å². The minimum absolute atomic E-state index is 0.619. The minimum atomic E-state index is -0.972. The van der Waals surface area contributed by atoms with Crippen molar-refractivity contribution in [3.05, 3.63) is 28.2 Å². The maximum Gasteiger partial charge on any atom is 0.153 e. The highest BCUT2D eigenvalue weighted by Crippen LogP contribution is 2.31. The van der Waals surface area contributed by atoms with Gasteiger partial charge in [0.1, 0.15) is 11.7 Å². The number of methoxy groups -OCH3 is 1. The van der Waals surface area contributed by atoms with E-state index in [9.17, 15) is 0 Å². The number of nitriles is 3. The summed E-state index contributed by atoms with van der Waals surface area (Å²) in [6.45, 7) is 0. The first-order valence-corrected chi connectivity index (χ1v) is 5.49. The molecule has 1 aromatic rings. The molecule has 0 spiro atoms. The highest BCUT2D eigenvalue weighted by Gasteiger charge is 2.23. The molecule has 4 nitrogen and oxygen atoms in total. The van der Waals surface area contributed by atoms with Gasteiger partial charge in [-0.05, 0) is 33.6 Å². The number of hydrogen-bond acceptors (Lipinski definition) is 4. The number of hydrogen-bond donors (Lipinski definition) is 0. The monoisotopic (exact) mass is 289 g/mol. The molecule has 0 N–H and O–H groups in total. The average molecular weight is 290 g/mol. The lowest BCUT2D eigenvalue weighted by Crippen LogP contribution is -2.07. The van der Waals surface area contributed by atoms with Crippen molar-refractivity contribution < 1.29 is 4.74 Å². The number of halogens is 1. The molecule has 0 aliphatic carbocycles. The number of benzene rings is 1. The summed E-state index contributed by atoms with van der Waals surface area (Å²) in [5.41, 5.74) is 0.619. The molecule has 0 bridgehead atoms. The van der Waals surface area contributed by atoms with E-state index < -0.39 is 11.8 Å². The second kappa shape index (κ2) is 5.89. The van der Waals surface area contributed by atoms with Crippen LogP contribution in [0.1, 0.15) is 11.5 Å². The van der Waals surface area contributed by atoms with E-state index in [-0.39, 0.29) is 0 Å². The van der Waals surface area contributed by atoms with Crippen LogP contribution < -0.4 is 4.74 Å². The van der Waals surface area contributed by atoms with Gasteiger partial charge in [-0.15, -0.1) is 0 Å². The molecule has 0 aromatic heterocycles. The van der Waals surface area contributed by atoms with Crippen LogP contribution in [0.3, 0.4) is 0 Å². The van der Waals surface area contributed by atoms with Gasteiger partial charge >= 0.3 is 0 Å². The molecule has 0 radical (unpaired) electrons. The van der Waals surface area contributed by atoms with E-state index in [1.165, 1.54) is 7.11 Å². The molecule has 0 aliphatic rings. The average Bonchev–Trinajstić information content (AvgIpc) is 2.35. The summed E-state index contributed by atoms with van der Waals surface area (Å²) >= 11 is 3.30. The van der Waals surface area contributed by atoms with E-state index >= 15 is 0 Å². The third-order valence-electron chi connectivity index (χ3n) is 2.29. The second-order valence-corrected chi connectivity index (χ2v) is 4.09. The van der Waals surface area contributed by atoms with Gasteiger partial charge in [0, 0.05) is 0 Å². The Labute approximate surface area is 108 Å². The first-order chi connectivity index (χ1) is 8.17. The summed E-state index contributed by atoms with van der Waals surface area (Å²) in [5, 5.41) is 26.6. The Bertz CT molecular complexity index is 522. The summed E-state index contributed by atoms with van der Waals surface area (Å²) in [7, 11) is 1.54. The summed E-state index contributed by atoms with van der Waals surface area (Å²) in [6, 6.07) is 10.7. The first kappa shape index (κ1) is 13.0. The SMILES string of the molecule is COc1ccc([C@H](C#N)C(C#N)C#N)cc1Br. The van der Waals surface area contributed by atoms with Crippen LogP contribution in [-0.4, -0.2) is 7.11 Å². The first-order valence-electron chi connectivity index (χ1n) is 4.70. The van der Waals surface area contributed by atoms with Crippen molar-refractivity contribution in [2.45, 2.75) is 5.92 Å². The predicted molar refractivity (Wildman–Crippen MR) is 63.8 cm³/mol. The molecule has 0 saturated heterocycles. The van der Waals surface area contributed by atoms with Gasteiger partial charge < -0.3 is 4.74 Å². The van der Waals surface area contributed by atoms with E-state index in [1.807, 2.05) is 18.2 Å². The molecule has 1 aromatic carbocycles. The van der Waals surface area contributed by atoms with Crippen molar-refractivity contribution in [1.29, 1.82) is 15.8 Å². The van der Waals surface area contributed by atoms with Gasteiger partial charge in [-0.1, -0.05) is 6.07 Å². The fourth-order valence-electron chi connectivity index (χ4n) is 1.40. The van der Waals surface area contributed by atoms with Crippen LogP contribution in [0.4, 0.5) is 0 Å². The van der Waals surface area contributed by atoms with Crippen LogP contribution >= 0.6 is 15.9 Å². The molecule has 5 heteroatoms. The van der Waals surface area contributed by atoms with E-state index in [0.717, 1.165) is 0 Å². The zero-order valence-corrected chi connectivity index (χ0v) is 10.6. The Balaban J connectivity index is 3.16. The molecule has 1 rings (SSSR count). The van der Waals surface area contributed by atoms with E-state index in [2.05, 4.69) is 15.9 Å². The van der Waals surface area contributed by atoms with Gasteiger partial charge in [-0.25, -0.2) is 0 Å². The minimum Gasteiger partial charge on any atom is -0.496 e. The van der Waals surface area contributed by atoms with Crippen LogP contribution in [0.25, 0.3) is 0 Å². The quantitative estimate of drug-likeness (QED) is 0.857. The molecule has 0 fully saturated rings. The summed E-state index contributed by atoms with van der Waals surface area (Å²) in [6.07, 6.45) is 0. The van der Waals surface area contributed by atoms with E-state index in [0.29, 0.717) is 15.8 Å². The zero-order valence-electron chi connectivity index (χ0n) is 9.01. The third kappa shape index (κ3) is 2.75. The lowest BCUT2D eigenvalue weighted by atomic mass is 9.89. The van der Waals surface area contributed by atoms with E-state index in [1.54, 1.807) is 18.2 Å². The Morgan fingerprint density at radius 1 is 1.18 bits per heavy atom. The largest absolute Gasteiger partial charge is 0.496 e. The zero-order chi connectivity index (χ0) is 12.8. The van der Waals surface area contributed by atoms with Gasteiger partial charge in [0.05, 0.1) is 29.8 Å². The Kier molecular flexibility index (Phi) is 4.52. The summed E-state index contributed by atoms with van der Waals surface area (Å²) < 4.78 is 5.75. The molecular weight excluding hydrogens is 282 g/mol. The molecule has 1 atom stereocenters. The van der Waals surface area contributed by atoms with Crippen molar-refractivity contribution in [1.82, 2.24) is 0 Å². The predicted octanol–water partition coefficient (Wildman–Crippen LogP) is 2.73. The molecule has 17 heavy (non-hydrogen) atoms. The van der Waals surface area contributed by atoms with Gasteiger partial charge in [-0.3, -0.25) is 0 Å². The number of rotatable bonds is 3. The molecule has 0 aliphatic heterocycles. The maximum absolute atomic E-state index is 9.03. The van der Waals surface area contributed by atoms with Gasteiger partial charge in [0.15, 0.2) is 5.92 Å². The van der Waals surface area contributed by atoms with Gasteiger partial charge in [-0.2, -0.15) is 15.8 Å². The van der Waals surface area contributed by atoms with Crippen LogP contribution in [-0.2, 0) is 0 Å². The lowest BCUT2D eigenvalue weighted by Gasteiger charge is -2.11. The molecule has 0 heterocycles. The second-order valence-electron chi connectivity index (χ2n) is 3.24. The number of nitrogens with zero attached hydrogens (tertiary/aromatic N) is 3. The van der Waals surface area contributed by atoms with Crippen molar-refractivity contribution in [3.8, 4) is 24.0 Å². The highest BCUT2D eigenvalue weighted by atomic mass is 79.9. The smallest absolute Gasteiger partial charge is 0.153 e. The standard InChI is InChI=1S/C12H8BrN3O/c1-17-12-3-2-8(4-11(12)13)10(7-16)9(5-14)6-15/h2-4,9-10H,1H3/t10-/m0/s1. The maximum atomic E-state index is 9.03. The van der Waals surface area contributed by atoms with Gasteiger partial charge in [0.25, 0.3) is 0 Å². The molecule has 84 valence electrons. The normalized spacial score (nSPS) is 11.1. The fraction of sp³-hybridized carbons (Fsp3) is 0.250. The van der Waals surface area contributed by atoms with Crippen LogP contribution in [0.15, 0.2) is 22.7 Å². The van der Waals surface area contributed by atoms with Crippen molar-refractivity contribution in [3.63, 3.8) is 0 Å². The fourth-order valence-corrected chi connectivity index (χ4v) is 1.95. The Morgan fingerprint density at radius 3 is 2.24 bits per heavy atom. The molecular formula is C12H8BrN3O. The molecule has 0 saturated carbocycles. The lowest BCUT2D eigenvalue weighted by molar-refractivity contribution is 0.412. The van der Waals surface area contributed by atoms with Crippen molar-refractivity contribution >= 4 is 15.9 Å². The van der Waals surface area contributed by atoms with Crippen molar-refractivity contribution in [2.75, 3.05) is 7.11 Å². The molecule has 0 unspecified atom stereocenters. The van der Waals surface area contributed by atoms with Crippen LogP contribution in [0.5, 0.6) is 5.75 Å². The topological polar surface area (TPSA) is 80.6 Å². The summed E-state index contributed by atoms with van der Waals surface area (Å²) in [4.78, 5) is 0. The van der Waals surface area contributed by atoms with Crippen molar-refractivity contribution in [2.24, 2.45) is 5.92 Å². The summed E-state index contributed by atoms with van der Waals surface area (Å²) in [5.74, 6) is -1.09. The highest BCUT2D eigenvalue weighted by molar-refractivity contribution is 9.10. The van der Waals surface area contributed by atoms with Crippen LogP contribution in [0, 0.1) is 39.9 Å². The number of ether oxygens (including phenoxy) is 1. The van der Waals surface area contributed by atoms with Gasteiger partial charge in [0.2, 0.25) is 0 Å². The Hall–Kier alpha value is -2.03.